The number of pyridine rings is 2. The number of benzene rings is 1. The molecular formula is C25H25F2N7O3. The number of rotatable bonds is 8. The van der Waals surface area contributed by atoms with E-state index in [1.165, 1.54) is 12.3 Å². The summed E-state index contributed by atoms with van der Waals surface area (Å²) in [6, 6.07) is 11.6. The summed E-state index contributed by atoms with van der Waals surface area (Å²) in [6.45, 7) is 3.62. The van der Waals surface area contributed by atoms with E-state index in [1.54, 1.807) is 42.2 Å². The zero-order chi connectivity index (χ0) is 26.4. The minimum atomic E-state index is -1.24. The molecule has 0 aliphatic carbocycles. The Kier molecular flexibility index (Phi) is 7.95. The maximum Gasteiger partial charge on any atom is 0.404 e. The van der Waals surface area contributed by atoms with Crippen LogP contribution >= 0.6 is 0 Å². The number of nitriles is 1. The molecule has 1 amide bonds. The van der Waals surface area contributed by atoms with Gasteiger partial charge in [0.25, 0.3) is 0 Å². The molecule has 37 heavy (non-hydrogen) atoms. The molecule has 0 radical (unpaired) electrons. The zero-order valence-corrected chi connectivity index (χ0v) is 19.9. The van der Waals surface area contributed by atoms with Crippen LogP contribution in [0.4, 0.5) is 36.7 Å². The smallest absolute Gasteiger partial charge is 0.404 e. The van der Waals surface area contributed by atoms with Gasteiger partial charge in [0.2, 0.25) is 0 Å². The van der Waals surface area contributed by atoms with Crippen LogP contribution in [0.2, 0.25) is 0 Å². The number of nitrogens with one attached hydrogen (secondary N) is 3. The Labute approximate surface area is 211 Å². The highest BCUT2D eigenvalue weighted by Crippen LogP contribution is 2.29. The van der Waals surface area contributed by atoms with E-state index < -0.39 is 29.8 Å². The number of hydrogen-bond acceptors (Lipinski definition) is 8. The average Bonchev–Trinajstić information content (AvgIpc) is 2.89. The number of aromatic nitrogens is 2. The summed E-state index contributed by atoms with van der Waals surface area (Å²) >= 11 is 0. The van der Waals surface area contributed by atoms with E-state index in [-0.39, 0.29) is 28.7 Å². The third-order valence-corrected chi connectivity index (χ3v) is 5.79. The molecule has 1 aromatic carbocycles. The lowest BCUT2D eigenvalue weighted by Crippen LogP contribution is -2.39. The first-order chi connectivity index (χ1) is 17.9. The second kappa shape index (κ2) is 11.5. The largest absolute Gasteiger partial charge is 0.465 e. The predicted molar refractivity (Wildman–Crippen MR) is 133 cm³/mol. The molecular weight excluding hydrogens is 484 g/mol. The van der Waals surface area contributed by atoms with Gasteiger partial charge in [0.1, 0.15) is 6.07 Å². The van der Waals surface area contributed by atoms with Gasteiger partial charge in [-0.15, -0.1) is 0 Å². The van der Waals surface area contributed by atoms with Crippen molar-refractivity contribution < 1.29 is 23.4 Å². The first kappa shape index (κ1) is 25.6. The lowest BCUT2D eigenvalue weighted by Gasteiger charge is -2.28. The van der Waals surface area contributed by atoms with E-state index in [1.807, 2.05) is 6.07 Å². The summed E-state index contributed by atoms with van der Waals surface area (Å²) in [5.74, 6) is -1.42. The quantitative estimate of drug-likeness (QED) is 0.355. The van der Waals surface area contributed by atoms with Crippen LogP contribution in [0.3, 0.4) is 0 Å². The van der Waals surface area contributed by atoms with Crippen LogP contribution in [0, 0.1) is 23.0 Å². The van der Waals surface area contributed by atoms with Crippen molar-refractivity contribution in [2.45, 2.75) is 19.0 Å². The van der Waals surface area contributed by atoms with Gasteiger partial charge in [-0.25, -0.2) is 23.5 Å². The zero-order valence-electron chi connectivity index (χ0n) is 19.9. The van der Waals surface area contributed by atoms with E-state index in [4.69, 9.17) is 4.74 Å². The predicted octanol–water partition coefficient (Wildman–Crippen LogP) is 4.02. The van der Waals surface area contributed by atoms with Crippen LogP contribution in [0.25, 0.3) is 0 Å². The van der Waals surface area contributed by atoms with Crippen LogP contribution in [-0.4, -0.2) is 53.5 Å². The van der Waals surface area contributed by atoms with E-state index in [0.29, 0.717) is 31.9 Å². The molecule has 1 aliphatic heterocycles. The number of ether oxygens (including phenoxy) is 1. The molecule has 10 nitrogen and oxygen atoms in total. The first-order valence-electron chi connectivity index (χ1n) is 11.5. The fourth-order valence-corrected chi connectivity index (χ4v) is 4.00. The van der Waals surface area contributed by atoms with E-state index in [0.717, 1.165) is 6.07 Å². The first-order valence-corrected chi connectivity index (χ1v) is 11.5. The average molecular weight is 510 g/mol. The maximum absolute atomic E-state index is 15.0. The summed E-state index contributed by atoms with van der Waals surface area (Å²) < 4.78 is 35.1. The Morgan fingerprint density at radius 2 is 1.89 bits per heavy atom. The number of carbonyl (C=O) groups is 1. The van der Waals surface area contributed by atoms with Crippen molar-refractivity contribution in [2.75, 3.05) is 41.8 Å². The number of halogens is 2. The molecule has 3 aromatic rings. The molecule has 1 saturated heterocycles. The normalized spacial score (nSPS) is 14.8. The number of nitrogens with zero attached hydrogens (tertiary/aromatic N) is 4. The van der Waals surface area contributed by atoms with Crippen molar-refractivity contribution in [1.29, 1.82) is 5.26 Å². The van der Waals surface area contributed by atoms with Gasteiger partial charge < -0.3 is 30.7 Å². The Morgan fingerprint density at radius 1 is 1.16 bits per heavy atom. The van der Waals surface area contributed by atoms with Crippen LogP contribution in [0.1, 0.15) is 24.1 Å². The fraction of sp³-hybridized carbons (Fsp3) is 0.280. The van der Waals surface area contributed by atoms with Gasteiger partial charge in [-0.1, -0.05) is 30.3 Å². The molecule has 4 N–H and O–H groups in total. The molecule has 12 heteroatoms. The second-order valence-electron chi connectivity index (χ2n) is 8.35. The van der Waals surface area contributed by atoms with Gasteiger partial charge in [-0.3, -0.25) is 0 Å². The topological polar surface area (TPSA) is 135 Å². The summed E-state index contributed by atoms with van der Waals surface area (Å²) in [5, 5.41) is 26.9. The Hall–Kier alpha value is -4.50. The molecule has 4 rings (SSSR count). The third kappa shape index (κ3) is 6.20. The van der Waals surface area contributed by atoms with Crippen LogP contribution in [-0.2, 0) is 4.74 Å². The molecule has 2 aromatic heterocycles. The van der Waals surface area contributed by atoms with Crippen molar-refractivity contribution >= 4 is 29.2 Å². The fourth-order valence-electron chi connectivity index (χ4n) is 4.00. The highest BCUT2D eigenvalue weighted by Gasteiger charge is 2.24. The highest BCUT2D eigenvalue weighted by atomic mass is 19.1. The number of anilines is 4. The van der Waals surface area contributed by atoms with E-state index in [9.17, 15) is 23.9 Å². The van der Waals surface area contributed by atoms with E-state index >= 15 is 0 Å². The SMILES string of the molecule is C[C@H](NC(=O)O)[C@@H](Nc1nc(Nc2cnc(N3CCOCC3)c(F)c2)c(C#N)cc1F)c1ccccc1. The van der Waals surface area contributed by atoms with Gasteiger partial charge in [0.15, 0.2) is 29.1 Å². The molecule has 0 saturated carbocycles. The Balaban J connectivity index is 1.62. The van der Waals surface area contributed by atoms with Crippen LogP contribution in [0.5, 0.6) is 0 Å². The molecule has 0 unspecified atom stereocenters. The van der Waals surface area contributed by atoms with Gasteiger partial charge in [-0.05, 0) is 18.6 Å². The molecule has 192 valence electrons. The minimum Gasteiger partial charge on any atom is -0.465 e. The second-order valence-corrected chi connectivity index (χ2v) is 8.35. The number of amides is 1. The van der Waals surface area contributed by atoms with Crippen molar-refractivity contribution in [1.82, 2.24) is 15.3 Å². The molecule has 0 spiro atoms. The lowest BCUT2D eigenvalue weighted by molar-refractivity contribution is 0.122. The van der Waals surface area contributed by atoms with Crippen LogP contribution < -0.4 is 20.9 Å². The van der Waals surface area contributed by atoms with E-state index in [2.05, 4.69) is 25.9 Å². The van der Waals surface area contributed by atoms with Crippen molar-refractivity contribution in [3.8, 4) is 6.07 Å². The number of carboxylic acid groups (broad SMARTS) is 1. The standard InChI is InChI=1S/C25H25F2N7O3/c1-15(30-25(35)36)21(16-5-3-2-4-6-16)32-23-19(26)11-17(13-28)22(33-23)31-18-12-20(27)24(29-14-18)34-7-9-37-10-8-34/h2-6,11-12,14-15,21,30H,7-10H2,1H3,(H,35,36)(H2,31,32,33)/t15-,21+/m0/s1. The van der Waals surface area contributed by atoms with Crippen molar-refractivity contribution in [3.05, 3.63) is 71.4 Å². The Bertz CT molecular complexity index is 1300. The lowest BCUT2D eigenvalue weighted by atomic mass is 10.0. The maximum atomic E-state index is 15.0. The third-order valence-electron chi connectivity index (χ3n) is 5.79. The minimum absolute atomic E-state index is 0.0163. The summed E-state index contributed by atoms with van der Waals surface area (Å²) in [7, 11) is 0. The monoisotopic (exact) mass is 509 g/mol. The molecule has 3 heterocycles. The molecule has 2 atom stereocenters. The summed E-state index contributed by atoms with van der Waals surface area (Å²) in [6.07, 6.45) is 0.166. The highest BCUT2D eigenvalue weighted by molar-refractivity contribution is 5.67. The Morgan fingerprint density at radius 3 is 2.54 bits per heavy atom. The van der Waals surface area contributed by atoms with Crippen LogP contribution in [0.15, 0.2) is 48.7 Å². The van der Waals surface area contributed by atoms with Gasteiger partial charge in [-0.2, -0.15) is 5.26 Å². The number of morpholine rings is 1. The molecule has 0 bridgehead atoms. The van der Waals surface area contributed by atoms with Gasteiger partial charge >= 0.3 is 6.09 Å². The van der Waals surface area contributed by atoms with Crippen molar-refractivity contribution in [3.63, 3.8) is 0 Å². The molecule has 1 aliphatic rings. The summed E-state index contributed by atoms with van der Waals surface area (Å²) in [4.78, 5) is 21.4. The number of hydrogen-bond donors (Lipinski definition) is 4. The van der Waals surface area contributed by atoms with Crippen molar-refractivity contribution in [2.24, 2.45) is 0 Å². The molecule has 1 fully saturated rings. The van der Waals surface area contributed by atoms with Gasteiger partial charge in [0, 0.05) is 19.2 Å². The summed E-state index contributed by atoms with van der Waals surface area (Å²) in [5.41, 5.74) is 0.805. The van der Waals surface area contributed by atoms with Gasteiger partial charge in [0.05, 0.1) is 42.7 Å².